The molecule has 6 nitrogen and oxygen atoms in total. The number of halogens is 2. The number of hydrogen-bond acceptors (Lipinski definition) is 4. The number of aliphatic carboxylic acids is 1. The van der Waals surface area contributed by atoms with Gasteiger partial charge in [-0.3, -0.25) is 9.59 Å². The van der Waals surface area contributed by atoms with E-state index < -0.39 is 5.97 Å². The van der Waals surface area contributed by atoms with Crippen LogP contribution in [0.15, 0.2) is 36.4 Å². The van der Waals surface area contributed by atoms with Crippen molar-refractivity contribution in [2.45, 2.75) is 31.6 Å². The second-order valence-corrected chi connectivity index (χ2v) is 9.07. The maximum atomic E-state index is 13.7. The molecule has 2 heterocycles. The van der Waals surface area contributed by atoms with Gasteiger partial charge >= 0.3 is 5.97 Å². The molecule has 0 amide bonds. The van der Waals surface area contributed by atoms with Crippen LogP contribution < -0.4 is 4.90 Å². The van der Waals surface area contributed by atoms with Crippen molar-refractivity contribution in [1.29, 1.82) is 0 Å². The second-order valence-electron chi connectivity index (χ2n) is 8.25. The quantitative estimate of drug-likeness (QED) is 0.581. The van der Waals surface area contributed by atoms with E-state index >= 15 is 0 Å². The van der Waals surface area contributed by atoms with Gasteiger partial charge in [0.25, 0.3) is 5.91 Å². The Labute approximate surface area is 189 Å². The SMILES string of the molecule is O=C(O)C1CCN(c2nn(C(=O)c3c(Cl)cccc3C3CC3)c3cccc(Cl)c23)CC1. The largest absolute Gasteiger partial charge is 0.481 e. The van der Waals surface area contributed by atoms with Crippen LogP contribution in [0.1, 0.15) is 47.5 Å². The molecule has 31 heavy (non-hydrogen) atoms. The number of carboxylic acid groups (broad SMARTS) is 1. The number of rotatable bonds is 4. The summed E-state index contributed by atoms with van der Waals surface area (Å²) in [6.45, 7) is 1.09. The molecule has 1 aliphatic carbocycles. The van der Waals surface area contributed by atoms with Crippen molar-refractivity contribution in [3.05, 3.63) is 57.6 Å². The molecular formula is C23H21Cl2N3O3. The number of aromatic nitrogens is 2. The van der Waals surface area contributed by atoms with E-state index in [4.69, 9.17) is 23.2 Å². The minimum atomic E-state index is -0.769. The summed E-state index contributed by atoms with van der Waals surface area (Å²) in [5.74, 6) is -0.428. The summed E-state index contributed by atoms with van der Waals surface area (Å²) in [6.07, 6.45) is 3.16. The molecule has 0 atom stereocenters. The maximum Gasteiger partial charge on any atom is 0.306 e. The molecule has 0 bridgehead atoms. The van der Waals surface area contributed by atoms with Crippen LogP contribution in [0.4, 0.5) is 5.82 Å². The number of fused-ring (bicyclic) bond motifs is 1. The van der Waals surface area contributed by atoms with E-state index in [0.29, 0.717) is 64.2 Å². The van der Waals surface area contributed by atoms with Crippen LogP contribution in [-0.4, -0.2) is 39.9 Å². The van der Waals surface area contributed by atoms with E-state index in [-0.39, 0.29) is 11.8 Å². The first-order valence-corrected chi connectivity index (χ1v) is 11.2. The minimum Gasteiger partial charge on any atom is -0.481 e. The number of carbonyl (C=O) groups is 2. The standard InChI is InChI=1S/C23H21Cl2N3O3/c24-16-4-1-3-15(13-7-8-13)19(16)22(29)28-18-6-2-5-17(25)20(18)21(26-28)27-11-9-14(10-12-27)23(30)31/h1-6,13-14H,7-12H2,(H,30,31). The first kappa shape index (κ1) is 20.3. The molecule has 8 heteroatoms. The number of hydrogen-bond donors (Lipinski definition) is 1. The number of nitrogens with zero attached hydrogens (tertiary/aromatic N) is 3. The van der Waals surface area contributed by atoms with E-state index in [0.717, 1.165) is 18.4 Å². The van der Waals surface area contributed by atoms with Crippen molar-refractivity contribution >= 4 is 51.8 Å². The minimum absolute atomic E-state index is 0.272. The summed E-state index contributed by atoms with van der Waals surface area (Å²) in [4.78, 5) is 27.0. The molecule has 2 aliphatic rings. The topological polar surface area (TPSA) is 75.4 Å². The van der Waals surface area contributed by atoms with Gasteiger partial charge < -0.3 is 10.0 Å². The number of anilines is 1. The highest BCUT2D eigenvalue weighted by molar-refractivity contribution is 6.37. The Morgan fingerprint density at radius 3 is 2.32 bits per heavy atom. The maximum absolute atomic E-state index is 13.7. The van der Waals surface area contributed by atoms with Gasteiger partial charge in [0, 0.05) is 13.1 Å². The van der Waals surface area contributed by atoms with Gasteiger partial charge in [0.1, 0.15) is 0 Å². The molecule has 1 aliphatic heterocycles. The monoisotopic (exact) mass is 457 g/mol. The van der Waals surface area contributed by atoms with Gasteiger partial charge in [0.05, 0.1) is 32.4 Å². The highest BCUT2D eigenvalue weighted by Gasteiger charge is 2.32. The van der Waals surface area contributed by atoms with Crippen molar-refractivity contribution in [3.63, 3.8) is 0 Å². The lowest BCUT2D eigenvalue weighted by molar-refractivity contribution is -0.142. The number of carboxylic acids is 1. The van der Waals surface area contributed by atoms with Crippen molar-refractivity contribution in [2.75, 3.05) is 18.0 Å². The molecule has 2 aromatic carbocycles. The normalized spacial score (nSPS) is 17.3. The molecule has 0 radical (unpaired) electrons. The van der Waals surface area contributed by atoms with E-state index in [9.17, 15) is 14.7 Å². The zero-order valence-electron chi connectivity index (χ0n) is 16.7. The summed E-state index contributed by atoms with van der Waals surface area (Å²) in [5.41, 5.74) is 2.08. The Kier molecular flexibility index (Phi) is 5.15. The fraction of sp³-hybridized carbons (Fsp3) is 0.348. The molecular weight excluding hydrogens is 437 g/mol. The van der Waals surface area contributed by atoms with Crippen LogP contribution in [0.5, 0.6) is 0 Å². The molecule has 2 fully saturated rings. The molecule has 3 aromatic rings. The number of carbonyl (C=O) groups excluding carboxylic acids is 1. The van der Waals surface area contributed by atoms with Gasteiger partial charge in [0.15, 0.2) is 5.82 Å². The predicted molar refractivity (Wildman–Crippen MR) is 120 cm³/mol. The Morgan fingerprint density at radius 1 is 0.968 bits per heavy atom. The van der Waals surface area contributed by atoms with Crippen LogP contribution in [-0.2, 0) is 4.79 Å². The molecule has 0 unspecified atom stereocenters. The van der Waals surface area contributed by atoms with E-state index in [1.807, 2.05) is 23.1 Å². The van der Waals surface area contributed by atoms with Crippen LogP contribution in [0, 0.1) is 5.92 Å². The van der Waals surface area contributed by atoms with Gasteiger partial charge in [-0.15, -0.1) is 5.10 Å². The van der Waals surface area contributed by atoms with Gasteiger partial charge in [-0.1, -0.05) is 41.4 Å². The van der Waals surface area contributed by atoms with Crippen LogP contribution in [0.25, 0.3) is 10.9 Å². The molecule has 0 spiro atoms. The zero-order chi connectivity index (χ0) is 21.7. The summed E-state index contributed by atoms with van der Waals surface area (Å²) in [7, 11) is 0. The summed E-state index contributed by atoms with van der Waals surface area (Å²) >= 11 is 13.0. The van der Waals surface area contributed by atoms with Gasteiger partial charge in [-0.05, 0) is 55.4 Å². The van der Waals surface area contributed by atoms with Crippen molar-refractivity contribution in [3.8, 4) is 0 Å². The third-order valence-corrected chi connectivity index (χ3v) is 6.88. The van der Waals surface area contributed by atoms with Crippen molar-refractivity contribution < 1.29 is 14.7 Å². The van der Waals surface area contributed by atoms with Crippen LogP contribution >= 0.6 is 23.2 Å². The lowest BCUT2D eigenvalue weighted by atomic mass is 9.97. The van der Waals surface area contributed by atoms with Gasteiger partial charge in [-0.25, -0.2) is 0 Å². The third kappa shape index (κ3) is 3.58. The third-order valence-electron chi connectivity index (χ3n) is 6.25. The van der Waals surface area contributed by atoms with E-state index in [1.165, 1.54) is 4.68 Å². The Bertz CT molecular complexity index is 1190. The number of piperidine rings is 1. The Balaban J connectivity index is 1.59. The molecule has 1 saturated carbocycles. The molecule has 1 saturated heterocycles. The van der Waals surface area contributed by atoms with Crippen LogP contribution in [0.2, 0.25) is 10.0 Å². The van der Waals surface area contributed by atoms with E-state index in [1.54, 1.807) is 18.2 Å². The molecule has 5 rings (SSSR count). The number of benzene rings is 2. The highest BCUT2D eigenvalue weighted by Crippen LogP contribution is 2.44. The fourth-order valence-electron chi connectivity index (χ4n) is 4.43. The van der Waals surface area contributed by atoms with Crippen molar-refractivity contribution in [1.82, 2.24) is 9.78 Å². The van der Waals surface area contributed by atoms with Crippen LogP contribution in [0.3, 0.4) is 0 Å². The Hall–Kier alpha value is -2.57. The summed E-state index contributed by atoms with van der Waals surface area (Å²) < 4.78 is 1.40. The summed E-state index contributed by atoms with van der Waals surface area (Å²) in [6, 6.07) is 11.0. The second kappa shape index (κ2) is 7.84. The molecule has 1 N–H and O–H groups in total. The van der Waals surface area contributed by atoms with Gasteiger partial charge in [0.2, 0.25) is 0 Å². The lowest BCUT2D eigenvalue weighted by Gasteiger charge is -2.30. The average Bonchev–Trinajstić information content (AvgIpc) is 3.53. The smallest absolute Gasteiger partial charge is 0.306 e. The Morgan fingerprint density at radius 2 is 1.65 bits per heavy atom. The first-order chi connectivity index (χ1) is 15.0. The molecule has 1 aromatic heterocycles. The average molecular weight is 458 g/mol. The first-order valence-electron chi connectivity index (χ1n) is 10.4. The highest BCUT2D eigenvalue weighted by atomic mass is 35.5. The van der Waals surface area contributed by atoms with Gasteiger partial charge in [-0.2, -0.15) is 4.68 Å². The lowest BCUT2D eigenvalue weighted by Crippen LogP contribution is -2.36. The van der Waals surface area contributed by atoms with Crippen molar-refractivity contribution in [2.24, 2.45) is 5.92 Å². The zero-order valence-corrected chi connectivity index (χ0v) is 18.2. The predicted octanol–water partition coefficient (Wildman–Crippen LogP) is 5.21. The molecule has 160 valence electrons. The van der Waals surface area contributed by atoms with E-state index in [2.05, 4.69) is 5.10 Å². The summed E-state index contributed by atoms with van der Waals surface area (Å²) in [5, 5.41) is 15.6. The fourth-order valence-corrected chi connectivity index (χ4v) is 4.95.